The second kappa shape index (κ2) is 4.52. The molecule has 2 fully saturated rings. The highest BCUT2D eigenvalue weighted by atomic mass is 16.4. The van der Waals surface area contributed by atoms with Gasteiger partial charge in [0.25, 0.3) is 0 Å². The molecule has 0 heterocycles. The highest BCUT2D eigenvalue weighted by Gasteiger charge is 2.37. The lowest BCUT2D eigenvalue weighted by Crippen LogP contribution is -2.45. The smallest absolute Gasteiger partial charge is 0.317 e. The molecule has 0 aromatic heterocycles. The Balaban J connectivity index is 1.98. The van der Waals surface area contributed by atoms with E-state index in [1.54, 1.807) is 0 Å². The maximum atomic E-state index is 10.8. The lowest BCUT2D eigenvalue weighted by Gasteiger charge is -2.38. The molecule has 0 aromatic carbocycles. The Morgan fingerprint density at radius 3 is 2.47 bits per heavy atom. The normalized spacial score (nSPS) is 31.9. The standard InChI is InChI=1S/C12H21NO2/c1-9-4-2-3-5-11(9)13(8-12(14)15)10-6-7-10/h9-11H,2-8H2,1H3,(H,14,15). The predicted octanol–water partition coefficient (Wildman–Crippen LogP) is 2.11. The highest BCUT2D eigenvalue weighted by molar-refractivity contribution is 5.69. The van der Waals surface area contributed by atoms with Crippen LogP contribution >= 0.6 is 0 Å². The van der Waals surface area contributed by atoms with E-state index in [1.807, 2.05) is 0 Å². The van der Waals surface area contributed by atoms with Crippen molar-refractivity contribution < 1.29 is 9.90 Å². The summed E-state index contributed by atoms with van der Waals surface area (Å²) in [5.74, 6) is 0.0124. The van der Waals surface area contributed by atoms with Gasteiger partial charge in [-0.3, -0.25) is 9.69 Å². The number of aliphatic carboxylic acids is 1. The van der Waals surface area contributed by atoms with E-state index < -0.39 is 5.97 Å². The molecule has 2 atom stereocenters. The topological polar surface area (TPSA) is 40.5 Å². The Kier molecular flexibility index (Phi) is 3.29. The monoisotopic (exact) mass is 211 g/mol. The molecule has 0 amide bonds. The van der Waals surface area contributed by atoms with E-state index in [0.29, 0.717) is 18.0 Å². The van der Waals surface area contributed by atoms with Crippen molar-refractivity contribution in [1.82, 2.24) is 4.90 Å². The van der Waals surface area contributed by atoms with Crippen LogP contribution in [0.15, 0.2) is 0 Å². The van der Waals surface area contributed by atoms with Gasteiger partial charge in [0.1, 0.15) is 0 Å². The Bertz CT molecular complexity index is 238. The molecule has 2 saturated carbocycles. The fraction of sp³-hybridized carbons (Fsp3) is 0.917. The highest BCUT2D eigenvalue weighted by Crippen LogP contribution is 2.35. The van der Waals surface area contributed by atoms with Crippen molar-refractivity contribution in [3.8, 4) is 0 Å². The molecule has 0 bridgehead atoms. The Hall–Kier alpha value is -0.570. The molecule has 15 heavy (non-hydrogen) atoms. The molecule has 1 N–H and O–H groups in total. The summed E-state index contributed by atoms with van der Waals surface area (Å²) >= 11 is 0. The van der Waals surface area contributed by atoms with Gasteiger partial charge < -0.3 is 5.11 Å². The average Bonchev–Trinajstić information content (AvgIpc) is 2.98. The average molecular weight is 211 g/mol. The first-order chi connectivity index (χ1) is 7.18. The minimum absolute atomic E-state index is 0.250. The first kappa shape index (κ1) is 10.9. The summed E-state index contributed by atoms with van der Waals surface area (Å²) in [6.07, 6.45) is 7.48. The molecule has 3 nitrogen and oxygen atoms in total. The third-order valence-electron chi connectivity index (χ3n) is 3.83. The second-order valence-electron chi connectivity index (χ2n) is 5.13. The molecule has 0 radical (unpaired) electrons. The zero-order valence-electron chi connectivity index (χ0n) is 9.48. The molecule has 2 unspecified atom stereocenters. The van der Waals surface area contributed by atoms with Crippen molar-refractivity contribution in [3.05, 3.63) is 0 Å². The third-order valence-corrected chi connectivity index (χ3v) is 3.83. The molecule has 0 aliphatic heterocycles. The van der Waals surface area contributed by atoms with Crippen molar-refractivity contribution >= 4 is 5.97 Å². The van der Waals surface area contributed by atoms with E-state index in [-0.39, 0.29) is 6.54 Å². The molecule has 0 aromatic rings. The summed E-state index contributed by atoms with van der Waals surface area (Å²) in [5, 5.41) is 8.94. The van der Waals surface area contributed by atoms with Crippen molar-refractivity contribution in [2.24, 2.45) is 5.92 Å². The van der Waals surface area contributed by atoms with E-state index in [9.17, 15) is 4.79 Å². The first-order valence-electron chi connectivity index (χ1n) is 6.16. The zero-order chi connectivity index (χ0) is 10.8. The van der Waals surface area contributed by atoms with E-state index in [0.717, 1.165) is 0 Å². The van der Waals surface area contributed by atoms with E-state index in [1.165, 1.54) is 38.5 Å². The molecule has 86 valence electrons. The minimum Gasteiger partial charge on any atom is -0.480 e. The number of hydrogen-bond acceptors (Lipinski definition) is 2. The molecule has 0 spiro atoms. The number of carboxylic acid groups (broad SMARTS) is 1. The number of rotatable bonds is 4. The van der Waals surface area contributed by atoms with Crippen molar-refractivity contribution in [1.29, 1.82) is 0 Å². The quantitative estimate of drug-likeness (QED) is 0.774. The molecule has 2 rings (SSSR count). The van der Waals surface area contributed by atoms with Crippen LogP contribution in [0.1, 0.15) is 45.4 Å². The van der Waals surface area contributed by atoms with Crippen LogP contribution in [0.2, 0.25) is 0 Å². The van der Waals surface area contributed by atoms with Crippen LogP contribution in [0.25, 0.3) is 0 Å². The van der Waals surface area contributed by atoms with E-state index >= 15 is 0 Å². The lowest BCUT2D eigenvalue weighted by molar-refractivity contribution is -0.139. The molecular formula is C12H21NO2. The van der Waals surface area contributed by atoms with Crippen LogP contribution in [0.4, 0.5) is 0 Å². The predicted molar refractivity (Wildman–Crippen MR) is 58.8 cm³/mol. The molecule has 2 aliphatic rings. The summed E-state index contributed by atoms with van der Waals surface area (Å²) < 4.78 is 0. The molecule has 3 heteroatoms. The summed E-state index contributed by atoms with van der Waals surface area (Å²) in [6, 6.07) is 1.11. The van der Waals surface area contributed by atoms with Crippen molar-refractivity contribution in [2.75, 3.05) is 6.54 Å². The summed E-state index contributed by atoms with van der Waals surface area (Å²) in [6.45, 7) is 2.53. The van der Waals surface area contributed by atoms with Gasteiger partial charge in [-0.1, -0.05) is 19.8 Å². The maximum Gasteiger partial charge on any atom is 0.317 e. The zero-order valence-corrected chi connectivity index (χ0v) is 9.48. The third kappa shape index (κ3) is 2.71. The number of hydrogen-bond donors (Lipinski definition) is 1. The van der Waals surface area contributed by atoms with Gasteiger partial charge in [0, 0.05) is 12.1 Å². The van der Waals surface area contributed by atoms with E-state index in [4.69, 9.17) is 5.11 Å². The summed E-state index contributed by atoms with van der Waals surface area (Å²) in [7, 11) is 0. The summed E-state index contributed by atoms with van der Waals surface area (Å²) in [4.78, 5) is 13.1. The van der Waals surface area contributed by atoms with Gasteiger partial charge in [-0.05, 0) is 31.6 Å². The lowest BCUT2D eigenvalue weighted by atomic mass is 9.84. The first-order valence-corrected chi connectivity index (χ1v) is 6.16. The number of carbonyl (C=O) groups is 1. The van der Waals surface area contributed by atoms with Gasteiger partial charge in [0.05, 0.1) is 6.54 Å². The number of nitrogens with zero attached hydrogens (tertiary/aromatic N) is 1. The maximum absolute atomic E-state index is 10.8. The van der Waals surface area contributed by atoms with E-state index in [2.05, 4.69) is 11.8 Å². The Morgan fingerprint density at radius 2 is 1.93 bits per heavy atom. The van der Waals surface area contributed by atoms with Crippen LogP contribution in [0, 0.1) is 5.92 Å². The fourth-order valence-corrected chi connectivity index (χ4v) is 2.87. The van der Waals surface area contributed by atoms with Gasteiger partial charge >= 0.3 is 5.97 Å². The van der Waals surface area contributed by atoms with Gasteiger partial charge in [-0.25, -0.2) is 0 Å². The van der Waals surface area contributed by atoms with Crippen molar-refractivity contribution in [2.45, 2.75) is 57.5 Å². The van der Waals surface area contributed by atoms with Crippen LogP contribution < -0.4 is 0 Å². The Morgan fingerprint density at radius 1 is 1.27 bits per heavy atom. The van der Waals surface area contributed by atoms with Gasteiger partial charge in [-0.2, -0.15) is 0 Å². The van der Waals surface area contributed by atoms with Gasteiger partial charge in [-0.15, -0.1) is 0 Å². The second-order valence-corrected chi connectivity index (χ2v) is 5.13. The molecule has 0 saturated heterocycles. The largest absolute Gasteiger partial charge is 0.480 e. The molecular weight excluding hydrogens is 190 g/mol. The van der Waals surface area contributed by atoms with Crippen LogP contribution in [0.3, 0.4) is 0 Å². The van der Waals surface area contributed by atoms with Crippen LogP contribution in [0.5, 0.6) is 0 Å². The van der Waals surface area contributed by atoms with Gasteiger partial charge in [0.2, 0.25) is 0 Å². The van der Waals surface area contributed by atoms with Crippen LogP contribution in [-0.2, 0) is 4.79 Å². The summed E-state index contributed by atoms with van der Waals surface area (Å²) in [5.41, 5.74) is 0. The molecule has 2 aliphatic carbocycles. The SMILES string of the molecule is CC1CCCCC1N(CC(=O)O)C1CC1. The van der Waals surface area contributed by atoms with Crippen molar-refractivity contribution in [3.63, 3.8) is 0 Å². The number of carboxylic acids is 1. The fourth-order valence-electron chi connectivity index (χ4n) is 2.87. The van der Waals surface area contributed by atoms with Gasteiger partial charge in [0.15, 0.2) is 0 Å². The minimum atomic E-state index is -0.667. The Labute approximate surface area is 91.5 Å². The van der Waals surface area contributed by atoms with Crippen LogP contribution in [-0.4, -0.2) is 34.6 Å².